The summed E-state index contributed by atoms with van der Waals surface area (Å²) in [6.45, 7) is 0. The largest absolute Gasteiger partial charge is 0.452 e. The zero-order valence-electron chi connectivity index (χ0n) is 7.49. The maximum Gasteiger partial charge on any atom is 0.284 e. The van der Waals surface area contributed by atoms with E-state index in [9.17, 15) is 9.50 Å². The second kappa shape index (κ2) is 3.70. The Morgan fingerprint density at radius 2 is 2.33 bits per heavy atom. The molecule has 1 aromatic rings. The fraction of sp³-hybridized carbons (Fsp3) is 0.250. The van der Waals surface area contributed by atoms with Crippen molar-refractivity contribution in [3.8, 4) is 5.75 Å². The summed E-state index contributed by atoms with van der Waals surface area (Å²) in [6, 6.07) is 1.44. The quantitative estimate of drug-likeness (QED) is 0.578. The first-order chi connectivity index (χ1) is 7.21. The van der Waals surface area contributed by atoms with Gasteiger partial charge in [-0.3, -0.25) is 0 Å². The van der Waals surface area contributed by atoms with Gasteiger partial charge in [-0.05, 0) is 0 Å². The number of alkyl halides is 1. The first-order valence-corrected chi connectivity index (χ1v) is 4.10. The van der Waals surface area contributed by atoms with Crippen molar-refractivity contribution in [2.75, 3.05) is 0 Å². The standard InChI is InChI=1S/C8H7FN4O2/c9-7-8(14,2-4-11-13-7)15-6-1-3-10-12-5-6/h1-5,7,14H. The first kappa shape index (κ1) is 9.66. The van der Waals surface area contributed by atoms with Gasteiger partial charge in [0, 0.05) is 12.1 Å². The minimum Gasteiger partial charge on any atom is -0.452 e. The van der Waals surface area contributed by atoms with E-state index >= 15 is 0 Å². The number of nitrogens with zero attached hydrogens (tertiary/aromatic N) is 4. The van der Waals surface area contributed by atoms with E-state index in [-0.39, 0.29) is 5.75 Å². The van der Waals surface area contributed by atoms with Gasteiger partial charge < -0.3 is 9.84 Å². The van der Waals surface area contributed by atoms with E-state index in [0.717, 1.165) is 12.3 Å². The molecule has 0 aromatic carbocycles. The molecule has 78 valence electrons. The van der Waals surface area contributed by atoms with E-state index in [4.69, 9.17) is 4.74 Å². The van der Waals surface area contributed by atoms with Crippen LogP contribution >= 0.6 is 0 Å². The Hall–Kier alpha value is -1.89. The Balaban J connectivity index is 2.18. The summed E-state index contributed by atoms with van der Waals surface area (Å²) in [6.07, 6.45) is 2.88. The molecule has 0 bridgehead atoms. The number of azo groups is 1. The molecule has 2 unspecified atom stereocenters. The zero-order valence-corrected chi connectivity index (χ0v) is 7.49. The van der Waals surface area contributed by atoms with E-state index in [0.29, 0.717) is 0 Å². The number of aromatic nitrogens is 2. The van der Waals surface area contributed by atoms with Crippen molar-refractivity contribution in [2.24, 2.45) is 10.2 Å². The van der Waals surface area contributed by atoms with Gasteiger partial charge in [-0.25, -0.2) is 4.39 Å². The molecule has 0 fully saturated rings. The van der Waals surface area contributed by atoms with Crippen LogP contribution in [0, 0.1) is 0 Å². The van der Waals surface area contributed by atoms with Crippen LogP contribution in [0.5, 0.6) is 5.75 Å². The van der Waals surface area contributed by atoms with Crippen LogP contribution in [0.1, 0.15) is 0 Å². The van der Waals surface area contributed by atoms with Crippen molar-refractivity contribution in [3.05, 3.63) is 30.7 Å². The van der Waals surface area contributed by atoms with E-state index in [1.54, 1.807) is 0 Å². The highest BCUT2D eigenvalue weighted by molar-refractivity contribution is 5.16. The monoisotopic (exact) mass is 210 g/mol. The number of hydrogen-bond acceptors (Lipinski definition) is 6. The van der Waals surface area contributed by atoms with E-state index in [2.05, 4.69) is 20.4 Å². The molecule has 6 nitrogen and oxygen atoms in total. The lowest BCUT2D eigenvalue weighted by Crippen LogP contribution is -2.43. The molecule has 0 saturated carbocycles. The van der Waals surface area contributed by atoms with Gasteiger partial charge in [0.2, 0.25) is 0 Å². The smallest absolute Gasteiger partial charge is 0.284 e. The highest BCUT2D eigenvalue weighted by Gasteiger charge is 2.39. The Kier molecular flexibility index (Phi) is 2.38. The topological polar surface area (TPSA) is 80.0 Å². The van der Waals surface area contributed by atoms with Crippen molar-refractivity contribution in [3.63, 3.8) is 0 Å². The third kappa shape index (κ3) is 1.96. The number of hydrogen-bond donors (Lipinski definition) is 1. The molecular formula is C8H7FN4O2. The molecule has 1 aliphatic rings. The third-order valence-electron chi connectivity index (χ3n) is 1.73. The normalized spacial score (nSPS) is 29.1. The van der Waals surface area contributed by atoms with E-state index in [1.807, 2.05) is 0 Å². The van der Waals surface area contributed by atoms with Crippen LogP contribution in [0.25, 0.3) is 0 Å². The van der Waals surface area contributed by atoms with Gasteiger partial charge in [0.15, 0.2) is 0 Å². The second-order valence-corrected chi connectivity index (χ2v) is 2.81. The van der Waals surface area contributed by atoms with Gasteiger partial charge in [-0.15, -0.1) is 5.11 Å². The van der Waals surface area contributed by atoms with Gasteiger partial charge >= 0.3 is 0 Å². The fourth-order valence-corrected chi connectivity index (χ4v) is 1.01. The lowest BCUT2D eigenvalue weighted by Gasteiger charge is -2.26. The molecule has 0 amide bonds. The molecule has 2 rings (SSSR count). The minimum absolute atomic E-state index is 0.192. The number of rotatable bonds is 2. The average molecular weight is 210 g/mol. The third-order valence-corrected chi connectivity index (χ3v) is 1.73. The van der Waals surface area contributed by atoms with Gasteiger partial charge in [0.1, 0.15) is 5.75 Å². The van der Waals surface area contributed by atoms with Crippen LogP contribution < -0.4 is 4.74 Å². The second-order valence-electron chi connectivity index (χ2n) is 2.81. The summed E-state index contributed by atoms with van der Waals surface area (Å²) >= 11 is 0. The van der Waals surface area contributed by atoms with Crippen LogP contribution in [-0.2, 0) is 0 Å². The summed E-state index contributed by atoms with van der Waals surface area (Å²) in [5.74, 6) is -1.94. The first-order valence-electron chi connectivity index (χ1n) is 4.10. The SMILES string of the molecule is OC1(Oc2ccnnc2)C=CN=NC1F. The fourth-order valence-electron chi connectivity index (χ4n) is 1.01. The molecule has 1 aromatic heterocycles. The van der Waals surface area contributed by atoms with Crippen LogP contribution in [-0.4, -0.2) is 27.4 Å². The molecule has 1 aliphatic heterocycles. The lowest BCUT2D eigenvalue weighted by molar-refractivity contribution is -0.146. The van der Waals surface area contributed by atoms with Crippen LogP contribution in [0.15, 0.2) is 41.0 Å². The van der Waals surface area contributed by atoms with Crippen molar-refractivity contribution < 1.29 is 14.2 Å². The molecule has 0 aliphatic carbocycles. The minimum atomic E-state index is -2.13. The average Bonchev–Trinajstić information content (AvgIpc) is 2.24. The maximum absolute atomic E-state index is 13.2. The van der Waals surface area contributed by atoms with Crippen LogP contribution in [0.2, 0.25) is 0 Å². The molecule has 7 heteroatoms. The highest BCUT2D eigenvalue weighted by Crippen LogP contribution is 2.25. The predicted molar refractivity (Wildman–Crippen MR) is 46.5 cm³/mol. The molecule has 2 heterocycles. The summed E-state index contributed by atoms with van der Waals surface area (Å²) in [5, 5.41) is 23.2. The Morgan fingerprint density at radius 3 is 3.00 bits per heavy atom. The number of aliphatic hydroxyl groups is 1. The molecule has 1 N–H and O–H groups in total. The van der Waals surface area contributed by atoms with Gasteiger partial charge in [-0.1, -0.05) is 0 Å². The maximum atomic E-state index is 13.2. The molecule has 2 atom stereocenters. The molecule has 0 spiro atoms. The summed E-state index contributed by atoms with van der Waals surface area (Å²) in [5.41, 5.74) is 0. The summed E-state index contributed by atoms with van der Waals surface area (Å²) in [4.78, 5) is 0. The van der Waals surface area contributed by atoms with Crippen LogP contribution in [0.3, 0.4) is 0 Å². The zero-order chi connectivity index (χ0) is 10.7. The Labute approximate surface area is 84.1 Å². The molecule has 0 saturated heterocycles. The van der Waals surface area contributed by atoms with Gasteiger partial charge in [0.25, 0.3) is 12.1 Å². The summed E-state index contributed by atoms with van der Waals surface area (Å²) < 4.78 is 18.2. The van der Waals surface area contributed by atoms with Crippen LogP contribution in [0.4, 0.5) is 4.39 Å². The van der Waals surface area contributed by atoms with E-state index < -0.39 is 12.1 Å². The number of halogens is 1. The highest BCUT2D eigenvalue weighted by atomic mass is 19.1. The predicted octanol–water partition coefficient (Wildman–Crippen LogP) is 0.819. The van der Waals surface area contributed by atoms with Gasteiger partial charge in [-0.2, -0.15) is 15.3 Å². The van der Waals surface area contributed by atoms with Crippen molar-refractivity contribution in [1.82, 2.24) is 10.2 Å². The Bertz CT molecular complexity index is 397. The Morgan fingerprint density at radius 1 is 1.47 bits per heavy atom. The van der Waals surface area contributed by atoms with Gasteiger partial charge in [0.05, 0.1) is 18.6 Å². The summed E-state index contributed by atoms with van der Waals surface area (Å²) in [7, 11) is 0. The van der Waals surface area contributed by atoms with Crippen molar-refractivity contribution in [1.29, 1.82) is 0 Å². The van der Waals surface area contributed by atoms with Crippen molar-refractivity contribution in [2.45, 2.75) is 12.1 Å². The molecule has 0 radical (unpaired) electrons. The molecular weight excluding hydrogens is 203 g/mol. The van der Waals surface area contributed by atoms with E-state index in [1.165, 1.54) is 18.5 Å². The molecule has 15 heavy (non-hydrogen) atoms. The number of ether oxygens (including phenoxy) is 1. The van der Waals surface area contributed by atoms with Crippen molar-refractivity contribution >= 4 is 0 Å². The lowest BCUT2D eigenvalue weighted by atomic mass is 10.2.